The van der Waals surface area contributed by atoms with Gasteiger partial charge in [-0.1, -0.05) is 13.8 Å². The van der Waals surface area contributed by atoms with E-state index in [2.05, 4.69) is 24.5 Å². The molecule has 0 saturated carbocycles. The molecule has 0 saturated heterocycles. The van der Waals surface area contributed by atoms with Crippen LogP contribution in [0.3, 0.4) is 0 Å². The summed E-state index contributed by atoms with van der Waals surface area (Å²) in [6.45, 7) is 4.87. The van der Waals surface area contributed by atoms with Crippen molar-refractivity contribution in [2.24, 2.45) is 5.92 Å². The molecule has 0 spiro atoms. The van der Waals surface area contributed by atoms with Crippen LogP contribution in [0, 0.1) is 16.0 Å². The molecule has 9 heteroatoms. The first-order valence-corrected chi connectivity index (χ1v) is 9.38. The fourth-order valence-electron chi connectivity index (χ4n) is 2.34. The third-order valence-corrected chi connectivity index (χ3v) is 4.16. The third kappa shape index (κ3) is 6.72. The van der Waals surface area contributed by atoms with Crippen LogP contribution in [0.2, 0.25) is 0 Å². The van der Waals surface area contributed by atoms with Gasteiger partial charge in [0, 0.05) is 11.6 Å². The average Bonchev–Trinajstić information content (AvgIpc) is 2.68. The van der Waals surface area contributed by atoms with E-state index in [1.54, 1.807) is 24.3 Å². The number of carbonyl (C=O) groups excluding carboxylic acids is 1. The fourth-order valence-corrected chi connectivity index (χ4v) is 2.54. The van der Waals surface area contributed by atoms with Crippen LogP contribution in [-0.4, -0.2) is 29.7 Å². The first kappa shape index (κ1) is 22.1. The minimum atomic E-state index is -0.525. The lowest BCUT2D eigenvalue weighted by atomic mass is 10.1. The highest BCUT2D eigenvalue weighted by atomic mass is 32.1. The number of nitro groups is 1. The summed E-state index contributed by atoms with van der Waals surface area (Å²) in [5.41, 5.74) is 0.705. The van der Waals surface area contributed by atoms with Crippen molar-refractivity contribution in [3.8, 4) is 11.5 Å². The second-order valence-electron chi connectivity index (χ2n) is 6.61. The number of nitrogens with one attached hydrogen (secondary N) is 2. The van der Waals surface area contributed by atoms with Gasteiger partial charge in [0.2, 0.25) is 0 Å². The van der Waals surface area contributed by atoms with Crippen molar-refractivity contribution in [1.82, 2.24) is 5.32 Å². The number of benzene rings is 2. The van der Waals surface area contributed by atoms with Crippen molar-refractivity contribution >= 4 is 34.6 Å². The van der Waals surface area contributed by atoms with E-state index in [4.69, 9.17) is 21.7 Å². The van der Waals surface area contributed by atoms with Crippen LogP contribution >= 0.6 is 12.2 Å². The Labute approximate surface area is 174 Å². The molecule has 2 N–H and O–H groups in total. The summed E-state index contributed by atoms with van der Waals surface area (Å²) in [4.78, 5) is 22.7. The van der Waals surface area contributed by atoms with Gasteiger partial charge in [-0.3, -0.25) is 20.2 Å². The lowest BCUT2D eigenvalue weighted by Crippen LogP contribution is -2.34. The lowest BCUT2D eigenvalue weighted by molar-refractivity contribution is -0.384. The van der Waals surface area contributed by atoms with Gasteiger partial charge in [-0.15, -0.1) is 0 Å². The van der Waals surface area contributed by atoms with Gasteiger partial charge in [-0.05, 0) is 54.9 Å². The van der Waals surface area contributed by atoms with Crippen LogP contribution in [-0.2, 0) is 0 Å². The number of amides is 1. The molecule has 29 heavy (non-hydrogen) atoms. The Balaban J connectivity index is 1.95. The maximum atomic E-state index is 12.4. The molecule has 1 amide bonds. The number of ether oxygens (including phenoxy) is 2. The van der Waals surface area contributed by atoms with Crippen LogP contribution in [0.15, 0.2) is 42.5 Å². The maximum absolute atomic E-state index is 12.4. The van der Waals surface area contributed by atoms with Crippen LogP contribution in [0.1, 0.15) is 30.6 Å². The minimum absolute atomic E-state index is 0.0411. The number of nitro benzene ring substituents is 1. The summed E-state index contributed by atoms with van der Waals surface area (Å²) in [5, 5.41) is 16.3. The van der Waals surface area contributed by atoms with E-state index in [0.29, 0.717) is 29.5 Å². The monoisotopic (exact) mass is 417 g/mol. The zero-order valence-electron chi connectivity index (χ0n) is 16.4. The van der Waals surface area contributed by atoms with Gasteiger partial charge in [-0.2, -0.15) is 0 Å². The van der Waals surface area contributed by atoms with Gasteiger partial charge in [0.15, 0.2) is 5.11 Å². The van der Waals surface area contributed by atoms with Crippen molar-refractivity contribution in [3.63, 3.8) is 0 Å². The molecule has 0 aliphatic rings. The molecule has 2 aromatic rings. The molecular weight excluding hydrogens is 394 g/mol. The number of rotatable bonds is 8. The summed E-state index contributed by atoms with van der Waals surface area (Å²) in [5.74, 6) is 1.09. The van der Waals surface area contributed by atoms with Crippen LogP contribution in [0.25, 0.3) is 0 Å². The van der Waals surface area contributed by atoms with Gasteiger partial charge in [-0.25, -0.2) is 0 Å². The largest absolute Gasteiger partial charge is 0.494 e. The number of non-ortho nitro benzene ring substituents is 1. The Hall–Kier alpha value is -3.20. The SMILES string of the molecule is COc1cc([N+](=O)[O-])ccc1NC(=S)NC(=O)c1ccc(OCCC(C)C)cc1. The van der Waals surface area contributed by atoms with Crippen molar-refractivity contribution in [2.75, 3.05) is 19.0 Å². The normalized spacial score (nSPS) is 10.3. The van der Waals surface area contributed by atoms with E-state index in [1.807, 2.05) is 0 Å². The van der Waals surface area contributed by atoms with Gasteiger partial charge in [0.25, 0.3) is 11.6 Å². The zero-order chi connectivity index (χ0) is 21.4. The highest BCUT2D eigenvalue weighted by Crippen LogP contribution is 2.28. The second kappa shape index (κ2) is 10.4. The van der Waals surface area contributed by atoms with E-state index in [9.17, 15) is 14.9 Å². The van der Waals surface area contributed by atoms with Crippen LogP contribution in [0.5, 0.6) is 11.5 Å². The number of anilines is 1. The van der Waals surface area contributed by atoms with Gasteiger partial charge in [0.1, 0.15) is 11.5 Å². The predicted octanol–water partition coefficient (Wildman–Crippen LogP) is 4.16. The molecule has 0 fully saturated rings. The summed E-state index contributed by atoms with van der Waals surface area (Å²) in [7, 11) is 1.39. The zero-order valence-corrected chi connectivity index (χ0v) is 17.2. The van der Waals surface area contributed by atoms with E-state index >= 15 is 0 Å². The molecule has 8 nitrogen and oxygen atoms in total. The van der Waals surface area contributed by atoms with Crippen LogP contribution in [0.4, 0.5) is 11.4 Å². The second-order valence-corrected chi connectivity index (χ2v) is 7.01. The maximum Gasteiger partial charge on any atom is 0.273 e. The van der Waals surface area contributed by atoms with Crippen LogP contribution < -0.4 is 20.1 Å². The summed E-state index contributed by atoms with van der Waals surface area (Å²) in [6, 6.07) is 10.8. The van der Waals surface area contributed by atoms with Crippen molar-refractivity contribution in [3.05, 3.63) is 58.1 Å². The van der Waals surface area contributed by atoms with E-state index in [1.165, 1.54) is 25.3 Å². The number of hydrogen-bond acceptors (Lipinski definition) is 6. The Morgan fingerprint density at radius 3 is 2.48 bits per heavy atom. The number of hydrogen-bond donors (Lipinski definition) is 2. The van der Waals surface area contributed by atoms with E-state index < -0.39 is 10.8 Å². The molecule has 0 unspecified atom stereocenters. The molecule has 0 heterocycles. The van der Waals surface area contributed by atoms with E-state index in [-0.39, 0.29) is 16.5 Å². The standard InChI is InChI=1S/C20H23N3O5S/c1-13(2)10-11-28-16-7-4-14(5-8-16)19(24)22-20(29)21-17-9-6-15(23(25)26)12-18(17)27-3/h4-9,12-13H,10-11H2,1-3H3,(H2,21,22,24,29). The molecule has 0 aliphatic heterocycles. The molecule has 2 rings (SSSR count). The third-order valence-electron chi connectivity index (χ3n) is 3.95. The number of methoxy groups -OCH3 is 1. The quantitative estimate of drug-likeness (QED) is 0.378. The molecule has 154 valence electrons. The van der Waals surface area contributed by atoms with Gasteiger partial charge < -0.3 is 14.8 Å². The van der Waals surface area contributed by atoms with Gasteiger partial charge >= 0.3 is 0 Å². The summed E-state index contributed by atoms with van der Waals surface area (Å²) >= 11 is 5.15. The predicted molar refractivity (Wildman–Crippen MR) is 115 cm³/mol. The Morgan fingerprint density at radius 2 is 1.90 bits per heavy atom. The Morgan fingerprint density at radius 1 is 1.21 bits per heavy atom. The molecule has 0 atom stereocenters. The first-order chi connectivity index (χ1) is 13.8. The average molecular weight is 417 g/mol. The molecule has 0 radical (unpaired) electrons. The molecule has 0 aliphatic carbocycles. The summed E-state index contributed by atoms with van der Waals surface area (Å²) < 4.78 is 10.8. The highest BCUT2D eigenvalue weighted by Gasteiger charge is 2.14. The highest BCUT2D eigenvalue weighted by molar-refractivity contribution is 7.80. The summed E-state index contributed by atoms with van der Waals surface area (Å²) in [6.07, 6.45) is 0.953. The lowest BCUT2D eigenvalue weighted by Gasteiger charge is -2.13. The number of thiocarbonyl (C=S) groups is 1. The minimum Gasteiger partial charge on any atom is -0.494 e. The number of nitrogens with zero attached hydrogens (tertiary/aromatic N) is 1. The van der Waals surface area contributed by atoms with Crippen molar-refractivity contribution in [2.45, 2.75) is 20.3 Å². The van der Waals surface area contributed by atoms with Crippen molar-refractivity contribution < 1.29 is 19.2 Å². The molecular formula is C20H23N3O5S. The van der Waals surface area contributed by atoms with E-state index in [0.717, 1.165) is 6.42 Å². The smallest absolute Gasteiger partial charge is 0.273 e. The first-order valence-electron chi connectivity index (χ1n) is 8.97. The molecule has 0 aromatic heterocycles. The topological polar surface area (TPSA) is 103 Å². The Kier molecular flexibility index (Phi) is 7.90. The van der Waals surface area contributed by atoms with Crippen molar-refractivity contribution in [1.29, 1.82) is 0 Å². The Bertz CT molecular complexity index is 884. The molecule has 0 bridgehead atoms. The van der Waals surface area contributed by atoms with Gasteiger partial charge in [0.05, 0.1) is 30.4 Å². The fraction of sp³-hybridized carbons (Fsp3) is 0.300. The number of carbonyl (C=O) groups is 1. The molecule has 2 aromatic carbocycles.